The molecule has 0 spiro atoms. The normalized spacial score (nSPS) is 29.8. The number of ether oxygens (including phenoxy) is 1. The zero-order valence-electron chi connectivity index (χ0n) is 13.2. The molecule has 2 atom stereocenters. The molecular weight excluding hydrogens is 278 g/mol. The molecule has 4 rings (SSSR count). The van der Waals surface area contributed by atoms with Gasteiger partial charge in [0.05, 0.1) is 6.61 Å². The van der Waals surface area contributed by atoms with Gasteiger partial charge in [0.15, 0.2) is 0 Å². The molecule has 0 saturated carbocycles. The number of carbonyl (C=O) groups is 1. The second-order valence-electron chi connectivity index (χ2n) is 6.54. The van der Waals surface area contributed by atoms with Crippen molar-refractivity contribution >= 4 is 5.97 Å². The van der Waals surface area contributed by atoms with Gasteiger partial charge in [-0.1, -0.05) is 37.3 Å². The maximum Gasteiger partial charge on any atom is 0.319 e. The maximum absolute atomic E-state index is 12.9. The third-order valence-electron chi connectivity index (χ3n) is 5.45. The van der Waals surface area contributed by atoms with Crippen LogP contribution in [0.2, 0.25) is 0 Å². The molecule has 2 bridgehead atoms. The van der Waals surface area contributed by atoms with Crippen molar-refractivity contribution < 1.29 is 14.6 Å². The van der Waals surface area contributed by atoms with E-state index in [9.17, 15) is 9.90 Å². The SMILES string of the molecule is CC[C@@](CO)(C(=O)O[C@@H]1CN2CCC1CC2)c1ccccc1. The summed E-state index contributed by atoms with van der Waals surface area (Å²) >= 11 is 0. The van der Waals surface area contributed by atoms with E-state index in [-0.39, 0.29) is 18.7 Å². The van der Waals surface area contributed by atoms with Crippen LogP contribution < -0.4 is 0 Å². The van der Waals surface area contributed by atoms with E-state index in [1.807, 2.05) is 37.3 Å². The minimum absolute atomic E-state index is 0.0174. The molecule has 1 N–H and O–H groups in total. The monoisotopic (exact) mass is 303 g/mol. The first kappa shape index (κ1) is 15.5. The van der Waals surface area contributed by atoms with Gasteiger partial charge in [0.25, 0.3) is 0 Å². The summed E-state index contributed by atoms with van der Waals surface area (Å²) in [7, 11) is 0. The molecule has 3 saturated heterocycles. The van der Waals surface area contributed by atoms with Crippen molar-refractivity contribution in [3.63, 3.8) is 0 Å². The number of nitrogens with zero attached hydrogens (tertiary/aromatic N) is 1. The number of aliphatic hydroxyl groups is 1. The molecule has 3 aliphatic heterocycles. The summed E-state index contributed by atoms with van der Waals surface area (Å²) in [5, 5.41) is 9.95. The molecule has 0 aromatic heterocycles. The number of hydrogen-bond donors (Lipinski definition) is 1. The van der Waals surface area contributed by atoms with Gasteiger partial charge in [-0.25, -0.2) is 0 Å². The summed E-state index contributed by atoms with van der Waals surface area (Å²) in [4.78, 5) is 15.2. The molecule has 3 aliphatic rings. The molecule has 3 fully saturated rings. The minimum atomic E-state index is -0.937. The Morgan fingerprint density at radius 3 is 2.50 bits per heavy atom. The molecule has 3 heterocycles. The van der Waals surface area contributed by atoms with Gasteiger partial charge in [-0.15, -0.1) is 0 Å². The number of carbonyl (C=O) groups excluding carboxylic acids is 1. The molecule has 1 aromatic rings. The molecule has 4 heteroatoms. The predicted molar refractivity (Wildman–Crippen MR) is 84.5 cm³/mol. The molecule has 0 unspecified atom stereocenters. The van der Waals surface area contributed by atoms with E-state index in [0.717, 1.165) is 38.0 Å². The summed E-state index contributed by atoms with van der Waals surface area (Å²) in [5.41, 5.74) is -0.0981. The molecule has 1 aromatic carbocycles. The van der Waals surface area contributed by atoms with Crippen LogP contribution in [0.15, 0.2) is 30.3 Å². The lowest BCUT2D eigenvalue weighted by molar-refractivity contribution is -0.167. The zero-order chi connectivity index (χ0) is 15.6. The van der Waals surface area contributed by atoms with Crippen molar-refractivity contribution in [2.24, 2.45) is 5.92 Å². The molecule has 0 amide bonds. The number of aliphatic hydroxyl groups excluding tert-OH is 1. The Hall–Kier alpha value is -1.39. The van der Waals surface area contributed by atoms with Crippen molar-refractivity contribution in [1.29, 1.82) is 0 Å². The maximum atomic E-state index is 12.9. The highest BCUT2D eigenvalue weighted by Crippen LogP contribution is 2.34. The summed E-state index contributed by atoms with van der Waals surface area (Å²) in [6, 6.07) is 9.52. The first-order chi connectivity index (χ1) is 10.7. The number of rotatable bonds is 5. The minimum Gasteiger partial charge on any atom is -0.460 e. The lowest BCUT2D eigenvalue weighted by atomic mass is 9.78. The van der Waals surface area contributed by atoms with E-state index < -0.39 is 5.41 Å². The number of esters is 1. The quantitative estimate of drug-likeness (QED) is 0.845. The number of fused-ring (bicyclic) bond motifs is 3. The molecule has 120 valence electrons. The smallest absolute Gasteiger partial charge is 0.319 e. The van der Waals surface area contributed by atoms with Crippen molar-refractivity contribution in [1.82, 2.24) is 4.90 Å². The first-order valence-corrected chi connectivity index (χ1v) is 8.29. The Kier molecular flexibility index (Phi) is 4.50. The fourth-order valence-electron chi connectivity index (χ4n) is 3.79. The highest BCUT2D eigenvalue weighted by molar-refractivity contribution is 5.83. The number of hydrogen-bond acceptors (Lipinski definition) is 4. The van der Waals surface area contributed by atoms with E-state index in [2.05, 4.69) is 4.90 Å². The third kappa shape index (κ3) is 2.66. The zero-order valence-corrected chi connectivity index (χ0v) is 13.2. The van der Waals surface area contributed by atoms with Crippen molar-refractivity contribution in [3.8, 4) is 0 Å². The van der Waals surface area contributed by atoms with Crippen molar-refractivity contribution in [2.75, 3.05) is 26.2 Å². The molecule has 0 radical (unpaired) electrons. The predicted octanol–water partition coefficient (Wildman–Crippen LogP) is 1.96. The van der Waals surface area contributed by atoms with Gasteiger partial charge >= 0.3 is 5.97 Å². The van der Waals surface area contributed by atoms with Crippen LogP contribution in [0.5, 0.6) is 0 Å². The van der Waals surface area contributed by atoms with Gasteiger partial charge in [-0.05, 0) is 43.8 Å². The van der Waals surface area contributed by atoms with Gasteiger partial charge in [0.1, 0.15) is 11.5 Å². The molecule has 22 heavy (non-hydrogen) atoms. The van der Waals surface area contributed by atoms with Crippen molar-refractivity contribution in [3.05, 3.63) is 35.9 Å². The Labute approximate surface area is 132 Å². The molecule has 4 nitrogen and oxygen atoms in total. The van der Waals surface area contributed by atoms with Crippen LogP contribution in [-0.4, -0.2) is 48.3 Å². The number of piperidine rings is 3. The Morgan fingerprint density at radius 2 is 2.00 bits per heavy atom. The van der Waals surface area contributed by atoms with Gasteiger partial charge in [0.2, 0.25) is 0 Å². The van der Waals surface area contributed by atoms with E-state index in [0.29, 0.717) is 12.3 Å². The third-order valence-corrected chi connectivity index (χ3v) is 5.45. The van der Waals surface area contributed by atoms with E-state index in [4.69, 9.17) is 4.74 Å². The summed E-state index contributed by atoms with van der Waals surface area (Å²) in [5.74, 6) is 0.209. The van der Waals surface area contributed by atoms with Crippen LogP contribution in [0, 0.1) is 5.92 Å². The van der Waals surface area contributed by atoms with E-state index in [1.165, 1.54) is 0 Å². The summed E-state index contributed by atoms with van der Waals surface area (Å²) in [6.07, 6.45) is 2.74. The Balaban J connectivity index is 1.78. The summed E-state index contributed by atoms with van der Waals surface area (Å²) in [6.45, 7) is 4.80. The second-order valence-corrected chi connectivity index (χ2v) is 6.54. The van der Waals surface area contributed by atoms with Gasteiger partial charge in [-0.3, -0.25) is 9.69 Å². The average molecular weight is 303 g/mol. The van der Waals surface area contributed by atoms with E-state index in [1.54, 1.807) is 0 Å². The second kappa shape index (κ2) is 6.39. The fraction of sp³-hybridized carbons (Fsp3) is 0.611. The standard InChI is InChI=1S/C18H25NO3/c1-2-18(13-20,15-6-4-3-5-7-15)17(21)22-16-12-19-10-8-14(16)9-11-19/h3-7,14,16,20H,2,8-13H2,1H3/t16-,18+/m1/s1. The number of benzene rings is 1. The molecular formula is C18H25NO3. The van der Waals surface area contributed by atoms with Crippen LogP contribution in [0.4, 0.5) is 0 Å². The van der Waals surface area contributed by atoms with Crippen LogP contribution in [-0.2, 0) is 14.9 Å². The summed E-state index contributed by atoms with van der Waals surface area (Å²) < 4.78 is 5.89. The van der Waals surface area contributed by atoms with Gasteiger partial charge in [-0.2, -0.15) is 0 Å². The lowest BCUT2D eigenvalue weighted by Gasteiger charge is -2.45. The average Bonchev–Trinajstić information content (AvgIpc) is 2.58. The largest absolute Gasteiger partial charge is 0.460 e. The van der Waals surface area contributed by atoms with Crippen LogP contribution in [0.25, 0.3) is 0 Å². The fourth-order valence-corrected chi connectivity index (χ4v) is 3.79. The van der Waals surface area contributed by atoms with Crippen LogP contribution >= 0.6 is 0 Å². The first-order valence-electron chi connectivity index (χ1n) is 8.29. The van der Waals surface area contributed by atoms with E-state index >= 15 is 0 Å². The Bertz CT molecular complexity index is 504. The van der Waals surface area contributed by atoms with Gasteiger partial charge in [0, 0.05) is 6.54 Å². The molecule has 0 aliphatic carbocycles. The van der Waals surface area contributed by atoms with Crippen molar-refractivity contribution in [2.45, 2.75) is 37.7 Å². The highest BCUT2D eigenvalue weighted by atomic mass is 16.5. The lowest BCUT2D eigenvalue weighted by Crippen LogP contribution is -2.54. The van der Waals surface area contributed by atoms with Crippen LogP contribution in [0.1, 0.15) is 31.7 Å². The van der Waals surface area contributed by atoms with Gasteiger partial charge < -0.3 is 9.84 Å². The van der Waals surface area contributed by atoms with Crippen LogP contribution in [0.3, 0.4) is 0 Å². The highest BCUT2D eigenvalue weighted by Gasteiger charge is 2.43. The topological polar surface area (TPSA) is 49.8 Å². The Morgan fingerprint density at radius 1 is 1.32 bits per heavy atom.